The Labute approximate surface area is 167 Å². The van der Waals surface area contributed by atoms with Gasteiger partial charge in [0.1, 0.15) is 6.04 Å². The summed E-state index contributed by atoms with van der Waals surface area (Å²) in [6, 6.07) is 6.99. The molecule has 0 radical (unpaired) electrons. The van der Waals surface area contributed by atoms with Crippen molar-refractivity contribution in [2.75, 3.05) is 13.2 Å². The van der Waals surface area contributed by atoms with Crippen molar-refractivity contribution >= 4 is 34.7 Å². The number of rotatable bonds is 9. The van der Waals surface area contributed by atoms with E-state index in [0.29, 0.717) is 10.9 Å². The molecule has 2 amide bonds. The molecule has 0 unspecified atom stereocenters. The number of carbonyl (C=O) groups is 4. The van der Waals surface area contributed by atoms with E-state index in [1.54, 1.807) is 38.1 Å². The molecule has 0 spiro atoms. The highest BCUT2D eigenvalue weighted by Crippen LogP contribution is 2.18. The number of hydrogen-bond donors (Lipinski definition) is 2. The van der Waals surface area contributed by atoms with Crippen molar-refractivity contribution in [1.82, 2.24) is 10.3 Å². The van der Waals surface area contributed by atoms with Crippen LogP contribution in [0.1, 0.15) is 30.6 Å². The molecule has 9 heteroatoms. The SMILES string of the molecule is CCOC(=O)C[C@@H](C(=O)OCC)[C@H](NC(=O)c1ccnc2ccccc12)C(N)=O. The van der Waals surface area contributed by atoms with Crippen molar-refractivity contribution in [3.05, 3.63) is 42.1 Å². The molecule has 154 valence electrons. The number of primary amides is 1. The lowest BCUT2D eigenvalue weighted by molar-refractivity contribution is -0.156. The average molecular weight is 401 g/mol. The maximum absolute atomic E-state index is 12.9. The van der Waals surface area contributed by atoms with Crippen LogP contribution in [0.2, 0.25) is 0 Å². The van der Waals surface area contributed by atoms with Gasteiger partial charge in [-0.3, -0.25) is 24.2 Å². The van der Waals surface area contributed by atoms with Gasteiger partial charge in [-0.15, -0.1) is 0 Å². The molecule has 29 heavy (non-hydrogen) atoms. The van der Waals surface area contributed by atoms with Gasteiger partial charge in [-0.25, -0.2) is 0 Å². The molecule has 0 saturated heterocycles. The summed E-state index contributed by atoms with van der Waals surface area (Å²) in [7, 11) is 0. The zero-order chi connectivity index (χ0) is 21.4. The fourth-order valence-corrected chi connectivity index (χ4v) is 2.87. The van der Waals surface area contributed by atoms with E-state index in [4.69, 9.17) is 15.2 Å². The minimum Gasteiger partial charge on any atom is -0.466 e. The second kappa shape index (κ2) is 10.2. The molecule has 0 saturated carbocycles. The molecule has 1 heterocycles. The third-order valence-corrected chi connectivity index (χ3v) is 4.17. The van der Waals surface area contributed by atoms with Gasteiger partial charge in [0.25, 0.3) is 5.91 Å². The second-order valence-corrected chi connectivity index (χ2v) is 6.10. The largest absolute Gasteiger partial charge is 0.466 e. The van der Waals surface area contributed by atoms with Crippen LogP contribution >= 0.6 is 0 Å². The normalized spacial score (nSPS) is 12.6. The van der Waals surface area contributed by atoms with E-state index in [1.807, 2.05) is 0 Å². The highest BCUT2D eigenvalue weighted by atomic mass is 16.5. The summed E-state index contributed by atoms with van der Waals surface area (Å²) in [4.78, 5) is 53.4. The van der Waals surface area contributed by atoms with Crippen LogP contribution in [-0.4, -0.2) is 48.0 Å². The molecule has 2 atom stereocenters. The molecule has 0 fully saturated rings. The topological polar surface area (TPSA) is 138 Å². The predicted molar refractivity (Wildman–Crippen MR) is 104 cm³/mol. The van der Waals surface area contributed by atoms with Gasteiger partial charge in [0.2, 0.25) is 5.91 Å². The fourth-order valence-electron chi connectivity index (χ4n) is 2.87. The second-order valence-electron chi connectivity index (χ2n) is 6.10. The molecule has 9 nitrogen and oxygen atoms in total. The highest BCUT2D eigenvalue weighted by molar-refractivity contribution is 6.07. The summed E-state index contributed by atoms with van der Waals surface area (Å²) >= 11 is 0. The summed E-state index contributed by atoms with van der Waals surface area (Å²) < 4.78 is 9.81. The van der Waals surface area contributed by atoms with Crippen LogP contribution in [0.5, 0.6) is 0 Å². The Morgan fingerprint density at radius 1 is 1.07 bits per heavy atom. The zero-order valence-electron chi connectivity index (χ0n) is 16.2. The number of para-hydroxylation sites is 1. The Hall–Kier alpha value is -3.49. The smallest absolute Gasteiger partial charge is 0.312 e. The summed E-state index contributed by atoms with van der Waals surface area (Å²) in [5.74, 6) is -4.46. The van der Waals surface area contributed by atoms with Crippen molar-refractivity contribution in [2.24, 2.45) is 11.7 Å². The van der Waals surface area contributed by atoms with E-state index in [-0.39, 0.29) is 18.8 Å². The van der Waals surface area contributed by atoms with Crippen LogP contribution in [0, 0.1) is 5.92 Å². The molecule has 1 aromatic heterocycles. The number of nitrogens with one attached hydrogen (secondary N) is 1. The first kappa shape index (κ1) is 21.8. The van der Waals surface area contributed by atoms with Gasteiger partial charge in [-0.2, -0.15) is 0 Å². The van der Waals surface area contributed by atoms with Gasteiger partial charge in [0.15, 0.2) is 0 Å². The van der Waals surface area contributed by atoms with E-state index in [9.17, 15) is 19.2 Å². The summed E-state index contributed by atoms with van der Waals surface area (Å²) in [5.41, 5.74) is 6.27. The molecule has 0 bridgehead atoms. The van der Waals surface area contributed by atoms with Gasteiger partial charge in [-0.05, 0) is 26.0 Å². The lowest BCUT2D eigenvalue weighted by Crippen LogP contribution is -2.52. The predicted octanol–water partition coefficient (Wildman–Crippen LogP) is 0.951. The number of nitrogens with two attached hydrogens (primary N) is 1. The van der Waals surface area contributed by atoms with Crippen LogP contribution in [-0.2, 0) is 23.9 Å². The highest BCUT2D eigenvalue weighted by Gasteiger charge is 2.37. The van der Waals surface area contributed by atoms with Crippen molar-refractivity contribution in [3.63, 3.8) is 0 Å². The van der Waals surface area contributed by atoms with Gasteiger partial charge in [0, 0.05) is 11.6 Å². The minimum absolute atomic E-state index is 0.0343. The fraction of sp³-hybridized carbons (Fsp3) is 0.350. The number of benzene rings is 1. The summed E-state index contributed by atoms with van der Waals surface area (Å²) in [6.45, 7) is 3.33. The van der Waals surface area contributed by atoms with E-state index < -0.39 is 42.1 Å². The van der Waals surface area contributed by atoms with Gasteiger partial charge < -0.3 is 20.5 Å². The van der Waals surface area contributed by atoms with Crippen molar-refractivity contribution in [1.29, 1.82) is 0 Å². The van der Waals surface area contributed by atoms with Crippen LogP contribution in [0.4, 0.5) is 0 Å². The Balaban J connectivity index is 2.33. The number of amides is 2. The zero-order valence-corrected chi connectivity index (χ0v) is 16.2. The summed E-state index contributed by atoms with van der Waals surface area (Å²) in [6.07, 6.45) is 0.996. The lowest BCUT2D eigenvalue weighted by Gasteiger charge is -2.23. The Morgan fingerprint density at radius 3 is 2.41 bits per heavy atom. The maximum atomic E-state index is 12.9. The standard InChI is InChI=1S/C20H23N3O6/c1-3-28-16(24)11-14(20(27)29-4-2)17(18(21)25)23-19(26)13-9-10-22-15-8-6-5-7-12(13)15/h5-10,14,17H,3-4,11H2,1-2H3,(H2,21,25)(H,23,26)/t14-,17+/m1/s1. The number of hydrogen-bond acceptors (Lipinski definition) is 7. The number of carbonyl (C=O) groups excluding carboxylic acids is 4. The van der Waals surface area contributed by atoms with Crippen LogP contribution in [0.25, 0.3) is 10.9 Å². The van der Waals surface area contributed by atoms with Gasteiger partial charge >= 0.3 is 11.9 Å². The Kier molecular flexibility index (Phi) is 7.64. The first-order valence-corrected chi connectivity index (χ1v) is 9.15. The number of pyridine rings is 1. The molecule has 0 aliphatic heterocycles. The Bertz CT molecular complexity index is 909. The van der Waals surface area contributed by atoms with Crippen LogP contribution in [0.3, 0.4) is 0 Å². The molecule has 1 aromatic carbocycles. The van der Waals surface area contributed by atoms with E-state index >= 15 is 0 Å². The molecular weight excluding hydrogens is 378 g/mol. The minimum atomic E-state index is -1.46. The lowest BCUT2D eigenvalue weighted by atomic mass is 9.94. The first-order chi connectivity index (χ1) is 13.9. The molecule has 3 N–H and O–H groups in total. The monoisotopic (exact) mass is 401 g/mol. The van der Waals surface area contributed by atoms with Crippen molar-refractivity contribution < 1.29 is 28.7 Å². The first-order valence-electron chi connectivity index (χ1n) is 9.15. The summed E-state index contributed by atoms with van der Waals surface area (Å²) in [5, 5.41) is 3.03. The third-order valence-electron chi connectivity index (χ3n) is 4.17. The molecule has 0 aliphatic carbocycles. The number of ether oxygens (including phenoxy) is 2. The van der Waals surface area contributed by atoms with E-state index in [1.165, 1.54) is 12.3 Å². The molecule has 0 aliphatic rings. The van der Waals surface area contributed by atoms with Crippen LogP contribution < -0.4 is 11.1 Å². The number of nitrogens with zero attached hydrogens (tertiary/aromatic N) is 1. The van der Waals surface area contributed by atoms with Crippen molar-refractivity contribution in [2.45, 2.75) is 26.3 Å². The molecule has 2 aromatic rings. The van der Waals surface area contributed by atoms with E-state index in [0.717, 1.165) is 0 Å². The van der Waals surface area contributed by atoms with Crippen molar-refractivity contribution in [3.8, 4) is 0 Å². The third kappa shape index (κ3) is 5.50. The quantitative estimate of drug-likeness (QED) is 0.597. The van der Waals surface area contributed by atoms with Gasteiger partial charge in [0.05, 0.1) is 36.6 Å². The number of esters is 2. The average Bonchev–Trinajstić information content (AvgIpc) is 2.70. The van der Waals surface area contributed by atoms with E-state index in [2.05, 4.69) is 10.3 Å². The van der Waals surface area contributed by atoms with Crippen LogP contribution in [0.15, 0.2) is 36.5 Å². The molecular formula is C20H23N3O6. The Morgan fingerprint density at radius 2 is 1.76 bits per heavy atom. The number of aromatic nitrogens is 1. The maximum Gasteiger partial charge on any atom is 0.312 e. The molecule has 2 rings (SSSR count). The van der Waals surface area contributed by atoms with Gasteiger partial charge in [-0.1, -0.05) is 18.2 Å². The number of fused-ring (bicyclic) bond motifs is 1.